The monoisotopic (exact) mass is 483 g/mol. The van der Waals surface area contributed by atoms with Crippen LogP contribution in [0.3, 0.4) is 0 Å². The number of nitrogens with one attached hydrogen (secondary N) is 1. The van der Waals surface area contributed by atoms with E-state index < -0.39 is 6.61 Å². The summed E-state index contributed by atoms with van der Waals surface area (Å²) in [5.74, 6) is 0.519. The lowest BCUT2D eigenvalue weighted by molar-refractivity contribution is -0.146. The highest BCUT2D eigenvalue weighted by Crippen LogP contribution is 2.24. The number of aliphatic imine (C=N–C) groups is 1. The lowest BCUT2D eigenvalue weighted by Crippen LogP contribution is -2.40. The van der Waals surface area contributed by atoms with Gasteiger partial charge in [0.25, 0.3) is 0 Å². The molecule has 26 heavy (non-hydrogen) atoms. The summed E-state index contributed by atoms with van der Waals surface area (Å²) in [5.41, 5.74) is 0.788. The van der Waals surface area contributed by atoms with E-state index >= 15 is 0 Å². The van der Waals surface area contributed by atoms with E-state index in [4.69, 9.17) is 4.74 Å². The van der Waals surface area contributed by atoms with Crippen molar-refractivity contribution in [2.45, 2.75) is 20.1 Å². The molecule has 9 heteroatoms. The molecule has 1 aromatic rings. The van der Waals surface area contributed by atoms with E-state index in [2.05, 4.69) is 15.0 Å². The van der Waals surface area contributed by atoms with Gasteiger partial charge in [-0.15, -0.1) is 24.0 Å². The molecule has 0 spiro atoms. The number of benzene rings is 1. The molecule has 1 heterocycles. The molecule has 0 aliphatic carbocycles. The molecule has 0 amide bonds. The Kier molecular flexibility index (Phi) is 9.03. The van der Waals surface area contributed by atoms with E-state index in [0.29, 0.717) is 25.6 Å². The highest BCUT2D eigenvalue weighted by atomic mass is 127. The van der Waals surface area contributed by atoms with E-state index in [1.54, 1.807) is 19.2 Å². The zero-order chi connectivity index (χ0) is 18.4. The van der Waals surface area contributed by atoms with Gasteiger partial charge in [-0.25, -0.2) is 0 Å². The summed E-state index contributed by atoms with van der Waals surface area (Å²) in [5, 5.41) is 3.19. The van der Waals surface area contributed by atoms with Gasteiger partial charge >= 0.3 is 12.6 Å². The Balaban J connectivity index is 0.00000338. The summed E-state index contributed by atoms with van der Waals surface area (Å²) in [7, 11) is 3.05. The van der Waals surface area contributed by atoms with Crippen LogP contribution in [0.25, 0.3) is 0 Å². The molecule has 2 unspecified atom stereocenters. The van der Waals surface area contributed by atoms with Crippen molar-refractivity contribution in [1.82, 2.24) is 10.2 Å². The summed E-state index contributed by atoms with van der Waals surface area (Å²) in [6, 6.07) is 6.50. The third kappa shape index (κ3) is 5.96. The molecule has 0 bridgehead atoms. The van der Waals surface area contributed by atoms with Crippen LogP contribution in [0.1, 0.15) is 12.5 Å². The fourth-order valence-electron chi connectivity index (χ4n) is 2.94. The van der Waals surface area contributed by atoms with E-state index in [1.807, 2.05) is 17.9 Å². The predicted molar refractivity (Wildman–Crippen MR) is 105 cm³/mol. The quantitative estimate of drug-likeness (QED) is 0.302. The molecule has 6 nitrogen and oxygen atoms in total. The average molecular weight is 483 g/mol. The number of halogens is 3. The molecule has 1 aromatic carbocycles. The van der Waals surface area contributed by atoms with Crippen molar-refractivity contribution >= 4 is 35.9 Å². The number of methoxy groups -OCH3 is 1. The van der Waals surface area contributed by atoms with Crippen LogP contribution >= 0.6 is 24.0 Å². The number of hydrogen-bond acceptors (Lipinski definition) is 4. The Morgan fingerprint density at radius 2 is 2.15 bits per heavy atom. The van der Waals surface area contributed by atoms with Crippen LogP contribution in [0.2, 0.25) is 0 Å². The fraction of sp³-hybridized carbons (Fsp3) is 0.529. The molecular formula is C17H24F2IN3O3. The Morgan fingerprint density at radius 1 is 1.42 bits per heavy atom. The Bertz CT molecular complexity index is 631. The molecule has 0 radical (unpaired) electrons. The first-order chi connectivity index (χ1) is 11.9. The highest BCUT2D eigenvalue weighted by Gasteiger charge is 2.36. The van der Waals surface area contributed by atoms with Gasteiger partial charge in [0.2, 0.25) is 0 Å². The fourth-order valence-corrected chi connectivity index (χ4v) is 2.94. The van der Waals surface area contributed by atoms with Crippen molar-refractivity contribution in [2.75, 3.05) is 27.2 Å². The molecule has 1 fully saturated rings. The first-order valence-corrected chi connectivity index (χ1v) is 8.01. The number of alkyl halides is 2. The van der Waals surface area contributed by atoms with Crippen LogP contribution in [0.5, 0.6) is 5.75 Å². The van der Waals surface area contributed by atoms with Crippen molar-refractivity contribution in [3.63, 3.8) is 0 Å². The topological polar surface area (TPSA) is 63.2 Å². The predicted octanol–water partition coefficient (Wildman–Crippen LogP) is 2.72. The zero-order valence-electron chi connectivity index (χ0n) is 14.9. The second kappa shape index (κ2) is 10.5. The van der Waals surface area contributed by atoms with Gasteiger partial charge in [0, 0.05) is 26.7 Å². The van der Waals surface area contributed by atoms with Gasteiger partial charge < -0.3 is 19.7 Å². The minimum Gasteiger partial charge on any atom is -0.469 e. The number of esters is 1. The third-order valence-electron chi connectivity index (χ3n) is 4.20. The van der Waals surface area contributed by atoms with Crippen LogP contribution in [-0.4, -0.2) is 50.7 Å². The van der Waals surface area contributed by atoms with Crippen molar-refractivity contribution in [2.24, 2.45) is 16.8 Å². The molecule has 1 saturated heterocycles. The van der Waals surface area contributed by atoms with Gasteiger partial charge in [0.1, 0.15) is 5.75 Å². The summed E-state index contributed by atoms with van der Waals surface area (Å²) in [4.78, 5) is 18.0. The van der Waals surface area contributed by atoms with Gasteiger partial charge in [0.15, 0.2) is 5.96 Å². The lowest BCUT2D eigenvalue weighted by Gasteiger charge is -2.21. The zero-order valence-corrected chi connectivity index (χ0v) is 17.3. The van der Waals surface area contributed by atoms with Gasteiger partial charge in [-0.05, 0) is 23.6 Å². The minimum atomic E-state index is -2.85. The van der Waals surface area contributed by atoms with Gasteiger partial charge in [-0.2, -0.15) is 8.78 Å². The maximum absolute atomic E-state index is 12.3. The largest absolute Gasteiger partial charge is 0.469 e. The first-order valence-electron chi connectivity index (χ1n) is 8.01. The van der Waals surface area contributed by atoms with E-state index in [1.165, 1.54) is 13.2 Å². The van der Waals surface area contributed by atoms with Crippen molar-refractivity contribution in [3.05, 3.63) is 29.8 Å². The van der Waals surface area contributed by atoms with Crippen LogP contribution in [0, 0.1) is 11.8 Å². The van der Waals surface area contributed by atoms with Gasteiger partial charge in [-0.1, -0.05) is 19.1 Å². The summed E-state index contributed by atoms with van der Waals surface area (Å²) < 4.78 is 33.8. The molecular weight excluding hydrogens is 459 g/mol. The number of guanidine groups is 1. The normalized spacial score (nSPS) is 19.9. The van der Waals surface area contributed by atoms with Gasteiger partial charge in [-0.3, -0.25) is 9.79 Å². The molecule has 0 saturated carbocycles. The second-order valence-corrected chi connectivity index (χ2v) is 5.94. The number of rotatable bonds is 5. The number of carbonyl (C=O) groups is 1. The molecule has 146 valence electrons. The molecule has 2 rings (SSSR count). The SMILES string of the molecule is CN=C(NCc1cccc(OC(F)F)c1)N1CC(C)C(C(=O)OC)C1.I. The Labute approximate surface area is 169 Å². The van der Waals surface area contributed by atoms with Crippen LogP contribution in [0.15, 0.2) is 29.3 Å². The molecule has 0 aromatic heterocycles. The molecule has 1 aliphatic rings. The second-order valence-electron chi connectivity index (χ2n) is 5.94. The van der Waals surface area contributed by atoms with E-state index in [0.717, 1.165) is 5.56 Å². The van der Waals surface area contributed by atoms with Crippen molar-refractivity contribution in [3.8, 4) is 5.75 Å². The standard InChI is InChI=1S/C17H23F2N3O3.HI/c1-11-9-22(10-14(11)15(23)24-3)17(20-2)21-8-12-5-4-6-13(7-12)25-16(18)19;/h4-7,11,14,16H,8-10H2,1-3H3,(H,20,21);1H. The van der Waals surface area contributed by atoms with E-state index in [9.17, 15) is 13.6 Å². The first kappa shape index (κ1) is 22.4. The average Bonchev–Trinajstić information content (AvgIpc) is 2.96. The summed E-state index contributed by atoms with van der Waals surface area (Å²) in [6.07, 6.45) is 0. The summed E-state index contributed by atoms with van der Waals surface area (Å²) >= 11 is 0. The molecule has 2 atom stereocenters. The van der Waals surface area contributed by atoms with Crippen LogP contribution < -0.4 is 10.1 Å². The van der Waals surface area contributed by atoms with Gasteiger partial charge in [0.05, 0.1) is 13.0 Å². The highest BCUT2D eigenvalue weighted by molar-refractivity contribution is 14.0. The number of likely N-dealkylation sites (tertiary alicyclic amines) is 1. The number of ether oxygens (including phenoxy) is 2. The Hall–Kier alpha value is -1.65. The number of carbonyl (C=O) groups excluding carboxylic acids is 1. The Morgan fingerprint density at radius 3 is 2.77 bits per heavy atom. The maximum atomic E-state index is 12.3. The minimum absolute atomic E-state index is 0. The number of nitrogens with zero attached hydrogens (tertiary/aromatic N) is 2. The van der Waals surface area contributed by atoms with Crippen LogP contribution in [-0.2, 0) is 16.1 Å². The third-order valence-corrected chi connectivity index (χ3v) is 4.20. The van der Waals surface area contributed by atoms with Crippen molar-refractivity contribution < 1.29 is 23.0 Å². The van der Waals surface area contributed by atoms with Crippen molar-refractivity contribution in [1.29, 1.82) is 0 Å². The smallest absolute Gasteiger partial charge is 0.387 e. The van der Waals surface area contributed by atoms with E-state index in [-0.39, 0.29) is 47.5 Å². The molecule has 1 aliphatic heterocycles. The molecule has 1 N–H and O–H groups in total. The van der Waals surface area contributed by atoms with Crippen LogP contribution in [0.4, 0.5) is 8.78 Å². The number of hydrogen-bond donors (Lipinski definition) is 1. The lowest BCUT2D eigenvalue weighted by atomic mass is 9.99. The maximum Gasteiger partial charge on any atom is 0.387 e. The summed E-state index contributed by atoms with van der Waals surface area (Å²) in [6.45, 7) is 0.772.